The number of amides is 3. The Kier molecular flexibility index (Phi) is 4.91. The summed E-state index contributed by atoms with van der Waals surface area (Å²) in [4.78, 5) is 32.2. The van der Waals surface area contributed by atoms with E-state index >= 15 is 0 Å². The van der Waals surface area contributed by atoms with Gasteiger partial charge in [-0.25, -0.2) is 4.79 Å². The van der Waals surface area contributed by atoms with E-state index < -0.39 is 6.03 Å². The van der Waals surface area contributed by atoms with Crippen molar-refractivity contribution in [3.63, 3.8) is 0 Å². The molecule has 2 aromatic carbocycles. The summed E-state index contributed by atoms with van der Waals surface area (Å²) < 4.78 is 0. The van der Waals surface area contributed by atoms with Crippen LogP contribution < -0.4 is 0 Å². The van der Waals surface area contributed by atoms with Crippen molar-refractivity contribution in [2.24, 2.45) is 0 Å². The van der Waals surface area contributed by atoms with Crippen molar-refractivity contribution in [3.05, 3.63) is 71.8 Å². The van der Waals surface area contributed by atoms with Crippen LogP contribution in [0.2, 0.25) is 0 Å². The first-order valence-electron chi connectivity index (χ1n) is 7.99. The maximum absolute atomic E-state index is 12.9. The number of carbonyl (C=O) groups is 2. The minimum atomic E-state index is -0.419. The molecule has 3 amide bonds. The lowest BCUT2D eigenvalue weighted by Crippen LogP contribution is -2.46. The van der Waals surface area contributed by atoms with Gasteiger partial charge < -0.3 is 0 Å². The fraction of sp³-hybridized carbons (Fsp3) is 0.263. The van der Waals surface area contributed by atoms with E-state index in [1.54, 1.807) is 24.3 Å². The number of carbonyl (C=O) groups excluding carboxylic acids is 2. The number of urea groups is 1. The quantitative estimate of drug-likeness (QED) is 0.791. The van der Waals surface area contributed by atoms with Crippen LogP contribution >= 0.6 is 0 Å². The third-order valence-corrected chi connectivity index (χ3v) is 3.96. The van der Waals surface area contributed by atoms with Gasteiger partial charge in [-0.05, 0) is 30.5 Å². The Morgan fingerprint density at radius 1 is 1.00 bits per heavy atom. The van der Waals surface area contributed by atoms with Gasteiger partial charge in [-0.1, -0.05) is 48.5 Å². The van der Waals surface area contributed by atoms with Gasteiger partial charge in [-0.2, -0.15) is 5.06 Å². The van der Waals surface area contributed by atoms with E-state index in [0.29, 0.717) is 12.1 Å². The molecule has 1 saturated carbocycles. The molecule has 2 aromatic rings. The van der Waals surface area contributed by atoms with Crippen LogP contribution in [-0.4, -0.2) is 35.1 Å². The summed E-state index contributed by atoms with van der Waals surface area (Å²) in [6.45, 7) is 0.293. The molecule has 0 heterocycles. The van der Waals surface area contributed by atoms with E-state index in [2.05, 4.69) is 0 Å². The number of hydroxylamine groups is 2. The highest BCUT2D eigenvalue weighted by Crippen LogP contribution is 2.29. The van der Waals surface area contributed by atoms with E-state index in [9.17, 15) is 9.59 Å². The standard InChI is InChI=1S/C19H20N2O3/c1-24-20(14-15-8-4-2-5-9-15)19(23)21(17-12-13-17)18(22)16-10-6-3-7-11-16/h2-11,17H,12-14H2,1H3. The number of hydrogen-bond acceptors (Lipinski definition) is 3. The lowest BCUT2D eigenvalue weighted by Gasteiger charge is -2.27. The first-order valence-corrected chi connectivity index (χ1v) is 7.99. The number of rotatable bonds is 5. The average molecular weight is 324 g/mol. The molecule has 3 rings (SSSR count). The van der Waals surface area contributed by atoms with Gasteiger partial charge in [0.05, 0.1) is 13.7 Å². The Hall–Kier alpha value is -2.66. The molecule has 0 saturated heterocycles. The van der Waals surface area contributed by atoms with Crippen LogP contribution in [-0.2, 0) is 11.4 Å². The molecule has 0 radical (unpaired) electrons. The van der Waals surface area contributed by atoms with Crippen molar-refractivity contribution in [3.8, 4) is 0 Å². The zero-order valence-corrected chi connectivity index (χ0v) is 13.6. The highest BCUT2D eigenvalue weighted by molar-refractivity contribution is 6.04. The second-order valence-electron chi connectivity index (χ2n) is 5.76. The molecule has 1 fully saturated rings. The summed E-state index contributed by atoms with van der Waals surface area (Å²) in [5.74, 6) is -0.279. The van der Waals surface area contributed by atoms with E-state index in [-0.39, 0.29) is 11.9 Å². The molecule has 0 spiro atoms. The monoisotopic (exact) mass is 324 g/mol. The van der Waals surface area contributed by atoms with Gasteiger partial charge >= 0.3 is 6.03 Å². The summed E-state index contributed by atoms with van der Waals surface area (Å²) in [7, 11) is 1.44. The summed E-state index contributed by atoms with van der Waals surface area (Å²) in [5.41, 5.74) is 1.45. The number of benzene rings is 2. The molecule has 0 unspecified atom stereocenters. The maximum Gasteiger partial charge on any atom is 0.351 e. The van der Waals surface area contributed by atoms with Crippen LogP contribution in [0.4, 0.5) is 4.79 Å². The molecule has 5 nitrogen and oxygen atoms in total. The van der Waals surface area contributed by atoms with Crippen LogP contribution in [0.3, 0.4) is 0 Å². The van der Waals surface area contributed by atoms with Crippen molar-refractivity contribution >= 4 is 11.9 Å². The summed E-state index contributed by atoms with van der Waals surface area (Å²) >= 11 is 0. The maximum atomic E-state index is 12.9. The van der Waals surface area contributed by atoms with Crippen molar-refractivity contribution < 1.29 is 14.4 Å². The molecular formula is C19H20N2O3. The van der Waals surface area contributed by atoms with Crippen molar-refractivity contribution in [1.29, 1.82) is 0 Å². The smallest absolute Gasteiger partial charge is 0.272 e. The topological polar surface area (TPSA) is 49.9 Å². The van der Waals surface area contributed by atoms with E-state index in [0.717, 1.165) is 18.4 Å². The van der Waals surface area contributed by atoms with E-state index in [4.69, 9.17) is 4.84 Å². The predicted octanol–water partition coefficient (Wildman–Crippen LogP) is 3.47. The van der Waals surface area contributed by atoms with Crippen LogP contribution in [0.25, 0.3) is 0 Å². The Morgan fingerprint density at radius 3 is 2.12 bits per heavy atom. The zero-order chi connectivity index (χ0) is 16.9. The molecule has 1 aliphatic rings. The molecule has 0 atom stereocenters. The molecule has 0 aromatic heterocycles. The summed E-state index contributed by atoms with van der Waals surface area (Å²) in [6, 6.07) is 18.0. The van der Waals surface area contributed by atoms with Gasteiger partial charge in [0.2, 0.25) is 0 Å². The second-order valence-corrected chi connectivity index (χ2v) is 5.76. The van der Waals surface area contributed by atoms with Gasteiger partial charge in [0, 0.05) is 11.6 Å². The Bertz CT molecular complexity index is 699. The van der Waals surface area contributed by atoms with E-state index in [1.807, 2.05) is 36.4 Å². The SMILES string of the molecule is CON(Cc1ccccc1)C(=O)N(C(=O)c1ccccc1)C1CC1. The largest absolute Gasteiger partial charge is 0.351 e. The Labute approximate surface area is 141 Å². The fourth-order valence-corrected chi connectivity index (χ4v) is 2.54. The molecule has 5 heteroatoms. The highest BCUT2D eigenvalue weighted by atomic mass is 16.7. The third-order valence-electron chi connectivity index (χ3n) is 3.96. The number of hydrogen-bond donors (Lipinski definition) is 0. The lowest BCUT2D eigenvalue weighted by atomic mass is 10.2. The number of imide groups is 1. The third kappa shape index (κ3) is 3.63. The molecule has 1 aliphatic carbocycles. The lowest BCUT2D eigenvalue weighted by molar-refractivity contribution is -0.101. The van der Waals surface area contributed by atoms with Gasteiger partial charge in [-0.3, -0.25) is 14.5 Å². The predicted molar refractivity (Wildman–Crippen MR) is 90.0 cm³/mol. The second kappa shape index (κ2) is 7.27. The first kappa shape index (κ1) is 16.2. The van der Waals surface area contributed by atoms with Crippen LogP contribution in [0.5, 0.6) is 0 Å². The molecule has 0 aliphatic heterocycles. The van der Waals surface area contributed by atoms with Crippen molar-refractivity contribution in [2.45, 2.75) is 25.4 Å². The van der Waals surface area contributed by atoms with Crippen LogP contribution in [0, 0.1) is 0 Å². The minimum Gasteiger partial charge on any atom is -0.272 e. The van der Waals surface area contributed by atoms with E-state index in [1.165, 1.54) is 17.1 Å². The van der Waals surface area contributed by atoms with Gasteiger partial charge in [0.1, 0.15) is 0 Å². The first-order chi connectivity index (χ1) is 11.7. The van der Waals surface area contributed by atoms with Crippen molar-refractivity contribution in [1.82, 2.24) is 9.96 Å². The molecule has 24 heavy (non-hydrogen) atoms. The zero-order valence-electron chi connectivity index (χ0n) is 13.6. The van der Waals surface area contributed by atoms with Crippen LogP contribution in [0.1, 0.15) is 28.8 Å². The summed E-state index contributed by atoms with van der Waals surface area (Å²) in [6.07, 6.45) is 1.68. The Balaban J connectivity index is 1.79. The van der Waals surface area contributed by atoms with Crippen LogP contribution in [0.15, 0.2) is 60.7 Å². The highest BCUT2D eigenvalue weighted by Gasteiger charge is 2.40. The molecule has 0 N–H and O–H groups in total. The Morgan fingerprint density at radius 2 is 1.58 bits per heavy atom. The van der Waals surface area contributed by atoms with Gasteiger partial charge in [0.25, 0.3) is 5.91 Å². The van der Waals surface area contributed by atoms with Gasteiger partial charge in [0.15, 0.2) is 0 Å². The molecule has 124 valence electrons. The van der Waals surface area contributed by atoms with Gasteiger partial charge in [-0.15, -0.1) is 0 Å². The molecule has 0 bridgehead atoms. The average Bonchev–Trinajstić information content (AvgIpc) is 3.46. The minimum absolute atomic E-state index is 0.0429. The normalized spacial score (nSPS) is 13.4. The molecular weight excluding hydrogens is 304 g/mol. The fourth-order valence-electron chi connectivity index (χ4n) is 2.54. The number of nitrogens with zero attached hydrogens (tertiary/aromatic N) is 2. The summed E-state index contributed by atoms with van der Waals surface area (Å²) in [5, 5.41) is 1.23. The van der Waals surface area contributed by atoms with Crippen molar-refractivity contribution in [2.75, 3.05) is 7.11 Å².